The van der Waals surface area contributed by atoms with Gasteiger partial charge in [-0.25, -0.2) is 0 Å². The van der Waals surface area contributed by atoms with Gasteiger partial charge in [0, 0.05) is 26.5 Å². The number of aryl methyl sites for hydroxylation is 2. The van der Waals surface area contributed by atoms with Crippen molar-refractivity contribution in [2.45, 2.75) is 37.8 Å². The zero-order chi connectivity index (χ0) is 40.9. The second kappa shape index (κ2) is 16.5. The van der Waals surface area contributed by atoms with Gasteiger partial charge in [0.05, 0.1) is 48.0 Å². The average Bonchev–Trinajstić information content (AvgIpc) is 4.02. The SMILES string of the molecule is Cn1nccc1-c1ccc(OC2=NO[C@@H](c3ccc(OC(F)(F)F)cc3)C2)cn1.Cn1nccc1-c1ccc(OC2=NO[C@H](c3ccc(OC(F)(F)F)cc3)C2)cn1. The molecule has 0 bridgehead atoms. The summed E-state index contributed by atoms with van der Waals surface area (Å²) in [4.78, 5) is 19.4. The fraction of sp³-hybridized carbons (Fsp3) is 0.211. The number of nitrogens with zero attached hydrogens (tertiary/aromatic N) is 8. The van der Waals surface area contributed by atoms with Gasteiger partial charge in [0.2, 0.25) is 11.8 Å². The van der Waals surface area contributed by atoms with E-state index in [0.29, 0.717) is 47.3 Å². The molecule has 6 heterocycles. The molecule has 0 aliphatic carbocycles. The molecule has 2 aromatic carbocycles. The molecule has 2 aliphatic heterocycles. The third-order valence-corrected chi connectivity index (χ3v) is 8.37. The maximum absolute atomic E-state index is 12.2. The van der Waals surface area contributed by atoms with E-state index < -0.39 is 24.9 Å². The Balaban J connectivity index is 0.000000177. The molecule has 0 fully saturated rings. The molecule has 0 spiro atoms. The third kappa shape index (κ3) is 10.2. The van der Waals surface area contributed by atoms with Crippen LogP contribution in [0, 0.1) is 0 Å². The summed E-state index contributed by atoms with van der Waals surface area (Å²) >= 11 is 0. The van der Waals surface area contributed by atoms with E-state index in [2.05, 4.69) is 40.0 Å². The summed E-state index contributed by atoms with van der Waals surface area (Å²) in [5, 5.41) is 16.0. The maximum atomic E-state index is 12.2. The molecular weight excluding hydrogens is 778 g/mol. The lowest BCUT2D eigenvalue weighted by Gasteiger charge is -2.11. The molecule has 8 rings (SSSR count). The fourth-order valence-corrected chi connectivity index (χ4v) is 5.66. The van der Waals surface area contributed by atoms with Crippen LogP contribution in [-0.4, -0.2) is 54.0 Å². The number of ether oxygens (including phenoxy) is 4. The van der Waals surface area contributed by atoms with Crippen LogP contribution in [0.2, 0.25) is 0 Å². The van der Waals surface area contributed by atoms with E-state index in [-0.39, 0.29) is 11.5 Å². The molecule has 20 heteroatoms. The van der Waals surface area contributed by atoms with Crippen molar-refractivity contribution in [3.05, 3.63) is 121 Å². The average molecular weight is 809 g/mol. The van der Waals surface area contributed by atoms with E-state index in [1.807, 2.05) is 26.2 Å². The van der Waals surface area contributed by atoms with Crippen LogP contribution in [0.4, 0.5) is 26.3 Å². The first-order valence-corrected chi connectivity index (χ1v) is 17.2. The topological polar surface area (TPSA) is 142 Å². The standard InChI is InChI=1S/2C19H15F3N4O3/c2*1-26-16(8-9-24-26)15-7-6-14(11-23-15)27-18-10-17(29-25-18)12-2-4-13(5-3-12)28-19(20,21)22/h2*2-9,11,17H,10H2,1H3/t2*17-/m10/s1. The van der Waals surface area contributed by atoms with Crippen LogP contribution in [0.25, 0.3) is 22.8 Å². The third-order valence-electron chi connectivity index (χ3n) is 8.37. The van der Waals surface area contributed by atoms with Gasteiger partial charge in [-0.15, -0.1) is 26.3 Å². The van der Waals surface area contributed by atoms with Gasteiger partial charge in [-0.2, -0.15) is 10.2 Å². The highest BCUT2D eigenvalue weighted by Crippen LogP contribution is 2.33. The summed E-state index contributed by atoms with van der Waals surface area (Å²) in [7, 11) is 3.65. The number of halogens is 6. The second-order valence-electron chi connectivity index (χ2n) is 12.4. The summed E-state index contributed by atoms with van der Waals surface area (Å²) in [5.41, 5.74) is 4.56. The number of pyridine rings is 2. The predicted octanol–water partition coefficient (Wildman–Crippen LogP) is 8.47. The van der Waals surface area contributed by atoms with Crippen molar-refractivity contribution >= 4 is 11.8 Å². The lowest BCUT2D eigenvalue weighted by molar-refractivity contribution is -0.275. The van der Waals surface area contributed by atoms with Crippen LogP contribution in [0.3, 0.4) is 0 Å². The summed E-state index contributed by atoms with van der Waals surface area (Å²) in [5.74, 6) is 1.09. The van der Waals surface area contributed by atoms with E-state index >= 15 is 0 Å². The van der Waals surface area contributed by atoms with Crippen molar-refractivity contribution in [2.75, 3.05) is 0 Å². The molecule has 0 saturated heterocycles. The Labute approximate surface area is 324 Å². The molecule has 0 N–H and O–H groups in total. The molecule has 300 valence electrons. The molecule has 2 aliphatic rings. The molecule has 14 nitrogen and oxygen atoms in total. The lowest BCUT2D eigenvalue weighted by atomic mass is 10.1. The quantitative estimate of drug-likeness (QED) is 0.138. The van der Waals surface area contributed by atoms with Crippen LogP contribution in [0.5, 0.6) is 23.0 Å². The van der Waals surface area contributed by atoms with Crippen LogP contribution in [0.15, 0.2) is 120 Å². The summed E-state index contributed by atoms with van der Waals surface area (Å²) in [6.07, 6.45) is -3.17. The van der Waals surface area contributed by atoms with Gasteiger partial charge < -0.3 is 28.6 Å². The second-order valence-corrected chi connectivity index (χ2v) is 12.4. The summed E-state index contributed by atoms with van der Waals surface area (Å²) < 4.78 is 95.9. The molecule has 4 aromatic heterocycles. The zero-order valence-electron chi connectivity index (χ0n) is 30.3. The van der Waals surface area contributed by atoms with Crippen molar-refractivity contribution in [3.63, 3.8) is 0 Å². The largest absolute Gasteiger partial charge is 0.573 e. The summed E-state index contributed by atoms with van der Waals surface area (Å²) in [6.45, 7) is 0. The Morgan fingerprint density at radius 2 is 0.914 bits per heavy atom. The van der Waals surface area contributed by atoms with Gasteiger partial charge in [-0.3, -0.25) is 19.3 Å². The maximum Gasteiger partial charge on any atom is 0.573 e. The van der Waals surface area contributed by atoms with E-state index in [1.54, 1.807) is 58.4 Å². The molecule has 6 aromatic rings. The van der Waals surface area contributed by atoms with E-state index in [9.17, 15) is 26.3 Å². The smallest absolute Gasteiger partial charge is 0.438 e. The Morgan fingerprint density at radius 1 is 0.534 bits per heavy atom. The molecular formula is C38H30F6N8O6. The van der Waals surface area contributed by atoms with Gasteiger partial charge in [-0.05, 0) is 71.8 Å². The van der Waals surface area contributed by atoms with E-state index in [4.69, 9.17) is 19.1 Å². The number of alkyl halides is 6. The summed E-state index contributed by atoms with van der Waals surface area (Å²) in [6, 6.07) is 21.7. The van der Waals surface area contributed by atoms with Gasteiger partial charge in [0.25, 0.3) is 0 Å². The van der Waals surface area contributed by atoms with Crippen LogP contribution in [-0.2, 0) is 23.8 Å². The Morgan fingerprint density at radius 3 is 1.22 bits per heavy atom. The molecule has 0 unspecified atom stereocenters. The van der Waals surface area contributed by atoms with Crippen LogP contribution < -0.4 is 18.9 Å². The van der Waals surface area contributed by atoms with Crippen molar-refractivity contribution < 1.29 is 55.0 Å². The molecule has 0 amide bonds. The Hall–Kier alpha value is -7.12. The molecule has 0 radical (unpaired) electrons. The van der Waals surface area contributed by atoms with Crippen molar-refractivity contribution in [2.24, 2.45) is 24.4 Å². The molecule has 58 heavy (non-hydrogen) atoms. The highest BCUT2D eigenvalue weighted by molar-refractivity contribution is 5.80. The van der Waals surface area contributed by atoms with Crippen LogP contribution in [0.1, 0.15) is 36.2 Å². The minimum atomic E-state index is -4.73. The highest BCUT2D eigenvalue weighted by Gasteiger charge is 2.33. The van der Waals surface area contributed by atoms with Crippen molar-refractivity contribution in [1.82, 2.24) is 29.5 Å². The van der Waals surface area contributed by atoms with Gasteiger partial charge in [-0.1, -0.05) is 34.6 Å². The lowest BCUT2D eigenvalue weighted by Crippen LogP contribution is -2.17. The Kier molecular flexibility index (Phi) is 11.2. The van der Waals surface area contributed by atoms with Gasteiger partial charge in [0.15, 0.2) is 12.2 Å². The predicted molar refractivity (Wildman–Crippen MR) is 192 cm³/mol. The molecule has 2 atom stereocenters. The number of rotatable bonds is 8. The van der Waals surface area contributed by atoms with Gasteiger partial charge >= 0.3 is 12.7 Å². The number of benzene rings is 2. The first-order chi connectivity index (χ1) is 27.7. The Bertz CT molecular complexity index is 2200. The first-order valence-electron chi connectivity index (χ1n) is 17.2. The number of hydrogen-bond acceptors (Lipinski definition) is 12. The number of hydrogen-bond donors (Lipinski definition) is 0. The van der Waals surface area contributed by atoms with Crippen LogP contribution >= 0.6 is 0 Å². The van der Waals surface area contributed by atoms with E-state index in [1.165, 1.54) is 48.5 Å². The number of oxime groups is 2. The first kappa shape index (κ1) is 39.1. The fourth-order valence-electron chi connectivity index (χ4n) is 5.66. The van der Waals surface area contributed by atoms with Crippen molar-refractivity contribution in [1.29, 1.82) is 0 Å². The van der Waals surface area contributed by atoms with E-state index in [0.717, 1.165) is 22.8 Å². The monoisotopic (exact) mass is 808 g/mol. The minimum Gasteiger partial charge on any atom is -0.438 e. The van der Waals surface area contributed by atoms with Gasteiger partial charge in [0.1, 0.15) is 23.0 Å². The zero-order valence-corrected chi connectivity index (χ0v) is 30.3. The normalized spacial score (nSPS) is 16.3. The number of aromatic nitrogens is 6. The highest BCUT2D eigenvalue weighted by atomic mass is 19.4. The molecule has 0 saturated carbocycles. The van der Waals surface area contributed by atoms with Crippen molar-refractivity contribution in [3.8, 4) is 45.8 Å². The minimum absolute atomic E-state index is 0.295.